The third kappa shape index (κ3) is 2.98. The molecule has 0 aliphatic heterocycles. The first-order valence-corrected chi connectivity index (χ1v) is 6.60. The molecule has 0 spiro atoms. The van der Waals surface area contributed by atoms with E-state index in [-0.39, 0.29) is 0 Å². The first-order chi connectivity index (χ1) is 9.13. The molecule has 0 aliphatic rings. The summed E-state index contributed by atoms with van der Waals surface area (Å²) in [5, 5.41) is 7.89. The van der Waals surface area contributed by atoms with Gasteiger partial charge in [-0.15, -0.1) is 0 Å². The second-order valence-electron chi connectivity index (χ2n) is 4.73. The van der Waals surface area contributed by atoms with Crippen molar-refractivity contribution in [3.8, 4) is 0 Å². The van der Waals surface area contributed by atoms with Crippen LogP contribution in [0.3, 0.4) is 0 Å². The number of furan rings is 1. The minimum atomic E-state index is 0.741. The van der Waals surface area contributed by atoms with Crippen molar-refractivity contribution in [2.45, 2.75) is 26.9 Å². The lowest BCUT2D eigenvalue weighted by molar-refractivity contribution is 0.505. The Hall–Kier alpha value is -1.75. The molecule has 1 N–H and O–H groups in total. The van der Waals surface area contributed by atoms with E-state index in [0.29, 0.717) is 0 Å². The van der Waals surface area contributed by atoms with E-state index in [2.05, 4.69) is 36.2 Å². The van der Waals surface area contributed by atoms with Crippen LogP contribution in [-0.4, -0.2) is 23.4 Å². The smallest absolute Gasteiger partial charge is 0.131 e. The SMILES string of the molecule is CCNCc1c(C)nn(C)c1N(C)Cc1ccco1. The molecule has 2 rings (SSSR count). The number of rotatable bonds is 6. The number of aryl methyl sites for hydroxylation is 2. The van der Waals surface area contributed by atoms with Crippen molar-refractivity contribution in [3.05, 3.63) is 35.4 Å². The van der Waals surface area contributed by atoms with Gasteiger partial charge in [-0.05, 0) is 25.6 Å². The molecule has 0 saturated heterocycles. The molecule has 0 radical (unpaired) electrons. The van der Waals surface area contributed by atoms with Crippen LogP contribution in [-0.2, 0) is 20.1 Å². The van der Waals surface area contributed by atoms with Gasteiger partial charge in [0.2, 0.25) is 0 Å². The van der Waals surface area contributed by atoms with Crippen molar-refractivity contribution >= 4 is 5.82 Å². The van der Waals surface area contributed by atoms with E-state index in [1.165, 1.54) is 5.56 Å². The molecule has 0 saturated carbocycles. The van der Waals surface area contributed by atoms with Crippen molar-refractivity contribution in [2.24, 2.45) is 7.05 Å². The number of hydrogen-bond donors (Lipinski definition) is 1. The Bertz CT molecular complexity index is 516. The highest BCUT2D eigenvalue weighted by atomic mass is 16.3. The molecule has 5 nitrogen and oxygen atoms in total. The largest absolute Gasteiger partial charge is 0.467 e. The Balaban J connectivity index is 2.22. The van der Waals surface area contributed by atoms with E-state index in [0.717, 1.165) is 36.9 Å². The van der Waals surface area contributed by atoms with Crippen molar-refractivity contribution in [3.63, 3.8) is 0 Å². The minimum absolute atomic E-state index is 0.741. The third-order valence-corrected chi connectivity index (χ3v) is 3.20. The van der Waals surface area contributed by atoms with Gasteiger partial charge < -0.3 is 14.6 Å². The van der Waals surface area contributed by atoms with Crippen LogP contribution in [0, 0.1) is 6.92 Å². The molecule has 0 fully saturated rings. The minimum Gasteiger partial charge on any atom is -0.467 e. The summed E-state index contributed by atoms with van der Waals surface area (Å²) in [7, 11) is 4.05. The molecule has 19 heavy (non-hydrogen) atoms. The van der Waals surface area contributed by atoms with Crippen LogP contribution in [0.4, 0.5) is 5.82 Å². The van der Waals surface area contributed by atoms with Gasteiger partial charge in [-0.2, -0.15) is 5.10 Å². The zero-order chi connectivity index (χ0) is 13.8. The summed E-state index contributed by atoms with van der Waals surface area (Å²) >= 11 is 0. The van der Waals surface area contributed by atoms with E-state index < -0.39 is 0 Å². The van der Waals surface area contributed by atoms with E-state index in [9.17, 15) is 0 Å². The van der Waals surface area contributed by atoms with Gasteiger partial charge in [-0.25, -0.2) is 0 Å². The van der Waals surface area contributed by atoms with Gasteiger partial charge in [0.1, 0.15) is 11.6 Å². The molecule has 0 bridgehead atoms. The molecule has 104 valence electrons. The van der Waals surface area contributed by atoms with E-state index in [1.54, 1.807) is 6.26 Å². The number of aromatic nitrogens is 2. The average molecular weight is 262 g/mol. The Labute approximate surface area is 114 Å². The lowest BCUT2D eigenvalue weighted by atomic mass is 10.2. The van der Waals surface area contributed by atoms with Crippen LogP contribution >= 0.6 is 0 Å². The third-order valence-electron chi connectivity index (χ3n) is 3.20. The lowest BCUT2D eigenvalue weighted by Gasteiger charge is -2.20. The molecule has 0 amide bonds. The van der Waals surface area contributed by atoms with Crippen molar-refractivity contribution in [1.29, 1.82) is 0 Å². The summed E-state index contributed by atoms with van der Waals surface area (Å²) in [6.45, 7) is 6.70. The number of anilines is 1. The summed E-state index contributed by atoms with van der Waals surface area (Å²) in [5.41, 5.74) is 2.32. The van der Waals surface area contributed by atoms with Crippen LogP contribution in [0.2, 0.25) is 0 Å². The molecule has 0 aromatic carbocycles. The fourth-order valence-corrected chi connectivity index (χ4v) is 2.34. The molecule has 5 heteroatoms. The summed E-state index contributed by atoms with van der Waals surface area (Å²) < 4.78 is 7.34. The number of hydrogen-bond acceptors (Lipinski definition) is 4. The lowest BCUT2D eigenvalue weighted by Crippen LogP contribution is -2.22. The van der Waals surface area contributed by atoms with Gasteiger partial charge in [0.15, 0.2) is 0 Å². The highest BCUT2D eigenvalue weighted by molar-refractivity contribution is 5.49. The van der Waals surface area contributed by atoms with Gasteiger partial charge >= 0.3 is 0 Å². The summed E-state index contributed by atoms with van der Waals surface area (Å²) in [4.78, 5) is 2.17. The quantitative estimate of drug-likeness (QED) is 0.865. The monoisotopic (exact) mass is 262 g/mol. The molecule has 0 atom stereocenters. The predicted octanol–water partition coefficient (Wildman–Crippen LogP) is 2.07. The zero-order valence-corrected chi connectivity index (χ0v) is 12.1. The molecule has 2 aromatic heterocycles. The van der Waals surface area contributed by atoms with E-state index in [4.69, 9.17) is 4.42 Å². The Morgan fingerprint density at radius 1 is 1.47 bits per heavy atom. The fraction of sp³-hybridized carbons (Fsp3) is 0.500. The number of nitrogens with one attached hydrogen (secondary N) is 1. The number of nitrogens with zero attached hydrogens (tertiary/aromatic N) is 3. The predicted molar refractivity (Wildman–Crippen MR) is 76.1 cm³/mol. The summed E-state index contributed by atoms with van der Waals surface area (Å²) in [6, 6.07) is 3.90. The normalized spacial score (nSPS) is 10.9. The average Bonchev–Trinajstić information content (AvgIpc) is 2.94. The summed E-state index contributed by atoms with van der Waals surface area (Å²) in [5.74, 6) is 2.09. The molecular weight excluding hydrogens is 240 g/mol. The molecule has 0 unspecified atom stereocenters. The maximum Gasteiger partial charge on any atom is 0.131 e. The Morgan fingerprint density at radius 2 is 2.26 bits per heavy atom. The maximum atomic E-state index is 5.41. The van der Waals surface area contributed by atoms with Crippen LogP contribution < -0.4 is 10.2 Å². The van der Waals surface area contributed by atoms with Gasteiger partial charge in [-0.1, -0.05) is 6.92 Å². The Morgan fingerprint density at radius 3 is 2.89 bits per heavy atom. The molecule has 2 heterocycles. The van der Waals surface area contributed by atoms with E-state index in [1.807, 2.05) is 23.9 Å². The van der Waals surface area contributed by atoms with Gasteiger partial charge in [0.25, 0.3) is 0 Å². The van der Waals surface area contributed by atoms with Crippen LogP contribution in [0.5, 0.6) is 0 Å². The van der Waals surface area contributed by atoms with Gasteiger partial charge in [-0.3, -0.25) is 4.68 Å². The highest BCUT2D eigenvalue weighted by Crippen LogP contribution is 2.23. The Kier molecular flexibility index (Phi) is 4.27. The zero-order valence-electron chi connectivity index (χ0n) is 12.1. The van der Waals surface area contributed by atoms with Crippen molar-refractivity contribution in [1.82, 2.24) is 15.1 Å². The molecule has 0 aliphatic carbocycles. The van der Waals surface area contributed by atoms with E-state index >= 15 is 0 Å². The summed E-state index contributed by atoms with van der Waals surface area (Å²) in [6.07, 6.45) is 1.71. The van der Waals surface area contributed by atoms with Gasteiger partial charge in [0.05, 0.1) is 18.5 Å². The van der Waals surface area contributed by atoms with Crippen molar-refractivity contribution in [2.75, 3.05) is 18.5 Å². The van der Waals surface area contributed by atoms with Crippen LogP contribution in [0.25, 0.3) is 0 Å². The van der Waals surface area contributed by atoms with Gasteiger partial charge in [0, 0.05) is 26.2 Å². The molecular formula is C14H22N4O. The van der Waals surface area contributed by atoms with Crippen LogP contribution in [0.1, 0.15) is 23.9 Å². The second-order valence-corrected chi connectivity index (χ2v) is 4.73. The van der Waals surface area contributed by atoms with Crippen molar-refractivity contribution < 1.29 is 4.42 Å². The van der Waals surface area contributed by atoms with Crippen LogP contribution in [0.15, 0.2) is 22.8 Å². The highest BCUT2D eigenvalue weighted by Gasteiger charge is 2.17. The second kappa shape index (κ2) is 5.93. The standard InChI is InChI=1S/C14H22N4O/c1-5-15-9-13-11(2)16-18(4)14(13)17(3)10-12-7-6-8-19-12/h6-8,15H,5,9-10H2,1-4H3. The topological polar surface area (TPSA) is 46.2 Å². The first-order valence-electron chi connectivity index (χ1n) is 6.60. The first kappa shape index (κ1) is 13.7. The molecule has 2 aromatic rings. The fourth-order valence-electron chi connectivity index (χ4n) is 2.34. The maximum absolute atomic E-state index is 5.41.